The van der Waals surface area contributed by atoms with Crippen LogP contribution in [0.25, 0.3) is 0 Å². The molecule has 0 spiro atoms. The smallest absolute Gasteiger partial charge is 0.242 e. The van der Waals surface area contributed by atoms with Gasteiger partial charge in [-0.3, -0.25) is 0 Å². The van der Waals surface area contributed by atoms with E-state index in [2.05, 4.69) is 4.72 Å². The molecule has 2 nitrogen and oxygen atoms in total. The Labute approximate surface area is 124 Å². The summed E-state index contributed by atoms with van der Waals surface area (Å²) in [4.78, 5) is 0.144. The van der Waals surface area contributed by atoms with Crippen LogP contribution in [-0.4, -0.2) is 14.5 Å². The van der Waals surface area contributed by atoms with Crippen molar-refractivity contribution in [3.8, 4) is 0 Å². The predicted molar refractivity (Wildman–Crippen MR) is 77.8 cm³/mol. The van der Waals surface area contributed by atoms with Crippen LogP contribution in [0.5, 0.6) is 0 Å². The third-order valence-electron chi connectivity index (χ3n) is 2.45. The minimum atomic E-state index is -4.28. The van der Waals surface area contributed by atoms with Gasteiger partial charge in [0.25, 0.3) is 0 Å². The molecule has 0 heterocycles. The van der Waals surface area contributed by atoms with Crippen molar-refractivity contribution in [2.75, 3.05) is 0 Å². The Morgan fingerprint density at radius 1 is 1.15 bits per heavy atom. The third kappa shape index (κ3) is 5.85. The minimum Gasteiger partial charge on any atom is -0.242 e. The van der Waals surface area contributed by atoms with E-state index in [0.717, 1.165) is 5.56 Å². The molecule has 0 amide bonds. The molecule has 0 radical (unpaired) electrons. The zero-order valence-electron chi connectivity index (χ0n) is 11.7. The normalized spacial score (nSPS) is 15.9. The van der Waals surface area contributed by atoms with Gasteiger partial charge in [-0.05, 0) is 57.2 Å². The van der Waals surface area contributed by atoms with Gasteiger partial charge in [0.15, 0.2) is 0 Å². The Balaban J connectivity index is 2.71. The molecule has 7 heteroatoms. The van der Waals surface area contributed by atoms with Crippen LogP contribution in [0.3, 0.4) is 0 Å². The number of hydrogen-bond acceptors (Lipinski definition) is 2. The second-order valence-corrected chi connectivity index (χ2v) is 8.47. The van der Waals surface area contributed by atoms with Crippen LogP contribution >= 0.6 is 11.8 Å². The number of rotatable bonds is 4. The molecular weight excluding hydrogens is 307 g/mol. The molecule has 0 saturated heterocycles. The maximum atomic E-state index is 12.2. The first-order chi connectivity index (χ1) is 8.99. The molecular formula is C13H18F3NOS2. The zero-order chi connectivity index (χ0) is 15.6. The molecule has 0 fully saturated rings. The lowest BCUT2D eigenvalue weighted by molar-refractivity contribution is -0.0328. The SMILES string of the molecule is CC(N[S@@](=O)C(C)(C)C)c1ccc(SC(F)(F)F)cc1. The van der Waals surface area contributed by atoms with E-state index in [1.54, 1.807) is 12.1 Å². The van der Waals surface area contributed by atoms with Crippen LogP contribution in [0.4, 0.5) is 13.2 Å². The van der Waals surface area contributed by atoms with Gasteiger partial charge >= 0.3 is 5.51 Å². The van der Waals surface area contributed by atoms with Crippen molar-refractivity contribution in [2.24, 2.45) is 0 Å². The van der Waals surface area contributed by atoms with Gasteiger partial charge in [-0.15, -0.1) is 0 Å². The first-order valence-electron chi connectivity index (χ1n) is 6.03. The summed E-state index contributed by atoms with van der Waals surface area (Å²) in [5.41, 5.74) is -3.48. The maximum Gasteiger partial charge on any atom is 0.446 e. The molecule has 0 aliphatic rings. The van der Waals surface area contributed by atoms with Crippen molar-refractivity contribution in [3.05, 3.63) is 29.8 Å². The van der Waals surface area contributed by atoms with E-state index < -0.39 is 16.5 Å². The molecule has 20 heavy (non-hydrogen) atoms. The Morgan fingerprint density at radius 3 is 2.05 bits per heavy atom. The third-order valence-corrected chi connectivity index (χ3v) is 4.87. The first kappa shape index (κ1) is 17.5. The minimum absolute atomic E-state index is 0.141. The Morgan fingerprint density at radius 2 is 1.65 bits per heavy atom. The molecule has 1 unspecified atom stereocenters. The summed E-state index contributed by atoms with van der Waals surface area (Å²) in [6.07, 6.45) is 0. The highest BCUT2D eigenvalue weighted by atomic mass is 32.2. The fraction of sp³-hybridized carbons (Fsp3) is 0.538. The highest BCUT2D eigenvalue weighted by molar-refractivity contribution is 8.00. The standard InChI is InChI=1S/C13H18F3NOS2/c1-9(17-20(18)12(2,3)4)10-5-7-11(8-6-10)19-13(14,15)16/h5-9,17H,1-4H3/t9?,20-/m0/s1. The van der Waals surface area contributed by atoms with E-state index in [1.165, 1.54) is 12.1 Å². The van der Waals surface area contributed by atoms with Crippen LogP contribution in [0, 0.1) is 0 Å². The van der Waals surface area contributed by atoms with Crippen LogP contribution < -0.4 is 4.72 Å². The lowest BCUT2D eigenvalue weighted by atomic mass is 10.1. The summed E-state index contributed by atoms with van der Waals surface area (Å²) >= 11 is -0.141. The summed E-state index contributed by atoms with van der Waals surface area (Å²) in [6, 6.07) is 5.88. The second kappa shape index (κ2) is 6.49. The molecule has 1 aromatic rings. The van der Waals surface area contributed by atoms with Crippen LogP contribution in [-0.2, 0) is 11.0 Å². The molecule has 1 aromatic carbocycles. The predicted octanol–water partition coefficient (Wildman–Crippen LogP) is 4.41. The number of thioether (sulfide) groups is 1. The van der Waals surface area contributed by atoms with Gasteiger partial charge in [0.05, 0.1) is 15.7 Å². The number of hydrogen-bond donors (Lipinski definition) is 1. The van der Waals surface area contributed by atoms with E-state index in [9.17, 15) is 17.4 Å². The highest BCUT2D eigenvalue weighted by Crippen LogP contribution is 2.37. The second-order valence-electron chi connectivity index (χ2n) is 5.34. The van der Waals surface area contributed by atoms with Gasteiger partial charge in [-0.25, -0.2) is 8.93 Å². The van der Waals surface area contributed by atoms with Gasteiger partial charge < -0.3 is 0 Å². The molecule has 0 bridgehead atoms. The van der Waals surface area contributed by atoms with E-state index in [4.69, 9.17) is 0 Å². The number of nitrogens with one attached hydrogen (secondary N) is 1. The molecule has 1 N–H and O–H groups in total. The Bertz CT molecular complexity index is 466. The van der Waals surface area contributed by atoms with Crippen LogP contribution in [0.2, 0.25) is 0 Å². The summed E-state index contributed by atoms with van der Waals surface area (Å²) in [7, 11) is -1.22. The van der Waals surface area contributed by atoms with Gasteiger partial charge in [0.1, 0.15) is 0 Å². The summed E-state index contributed by atoms with van der Waals surface area (Å²) in [5.74, 6) is 0. The number of halogens is 3. The highest BCUT2D eigenvalue weighted by Gasteiger charge is 2.29. The fourth-order valence-electron chi connectivity index (χ4n) is 1.36. The van der Waals surface area contributed by atoms with Gasteiger partial charge in [-0.2, -0.15) is 13.2 Å². The summed E-state index contributed by atoms with van der Waals surface area (Å²) in [6.45, 7) is 7.39. The summed E-state index contributed by atoms with van der Waals surface area (Å²) in [5, 5.41) is 0. The monoisotopic (exact) mass is 325 g/mol. The largest absolute Gasteiger partial charge is 0.446 e. The Kier molecular flexibility index (Phi) is 5.69. The van der Waals surface area contributed by atoms with Crippen molar-refractivity contribution in [1.82, 2.24) is 4.72 Å². The van der Waals surface area contributed by atoms with Gasteiger partial charge in [0.2, 0.25) is 0 Å². The van der Waals surface area contributed by atoms with Crippen LogP contribution in [0.15, 0.2) is 29.2 Å². The maximum absolute atomic E-state index is 12.2. The molecule has 0 saturated carbocycles. The van der Waals surface area contributed by atoms with E-state index in [-0.39, 0.29) is 27.4 Å². The molecule has 0 aliphatic carbocycles. The van der Waals surface area contributed by atoms with Crippen molar-refractivity contribution >= 4 is 22.7 Å². The zero-order valence-corrected chi connectivity index (χ0v) is 13.4. The van der Waals surface area contributed by atoms with Gasteiger partial charge in [0, 0.05) is 10.9 Å². The van der Waals surface area contributed by atoms with Crippen molar-refractivity contribution < 1.29 is 17.4 Å². The van der Waals surface area contributed by atoms with E-state index in [0.29, 0.717) is 0 Å². The lowest BCUT2D eigenvalue weighted by Gasteiger charge is -2.22. The molecule has 0 aliphatic heterocycles. The van der Waals surface area contributed by atoms with Crippen molar-refractivity contribution in [2.45, 2.75) is 48.9 Å². The fourth-order valence-corrected chi connectivity index (χ4v) is 2.71. The van der Waals surface area contributed by atoms with E-state index >= 15 is 0 Å². The quantitative estimate of drug-likeness (QED) is 0.831. The lowest BCUT2D eigenvalue weighted by Crippen LogP contribution is -2.34. The van der Waals surface area contributed by atoms with Crippen molar-refractivity contribution in [3.63, 3.8) is 0 Å². The molecule has 114 valence electrons. The van der Waals surface area contributed by atoms with Crippen molar-refractivity contribution in [1.29, 1.82) is 0 Å². The molecule has 0 aromatic heterocycles. The first-order valence-corrected chi connectivity index (χ1v) is 7.99. The van der Waals surface area contributed by atoms with E-state index in [1.807, 2.05) is 27.7 Å². The van der Waals surface area contributed by atoms with Gasteiger partial charge in [-0.1, -0.05) is 12.1 Å². The van der Waals surface area contributed by atoms with Crippen LogP contribution in [0.1, 0.15) is 39.3 Å². The summed E-state index contributed by atoms with van der Waals surface area (Å²) < 4.78 is 51.2. The average Bonchev–Trinajstić information content (AvgIpc) is 2.26. The topological polar surface area (TPSA) is 29.1 Å². The Hall–Kier alpha value is -0.530. The molecule has 2 atom stereocenters. The molecule has 1 rings (SSSR count). The average molecular weight is 325 g/mol. The number of benzene rings is 1. The number of alkyl halides is 3.